The SMILES string of the molecule is CC(=O)OCc1nc(-c2cnc(C)nc2)cc2c(C(C)=O)cn(CC(=O)O)c12. The lowest BCUT2D eigenvalue weighted by Gasteiger charge is -2.10. The molecule has 9 heteroatoms. The molecule has 9 nitrogen and oxygen atoms in total. The number of rotatable bonds is 6. The van der Waals surface area contributed by atoms with Gasteiger partial charge in [-0.1, -0.05) is 0 Å². The van der Waals surface area contributed by atoms with Gasteiger partial charge in [0.15, 0.2) is 5.78 Å². The summed E-state index contributed by atoms with van der Waals surface area (Å²) >= 11 is 0. The van der Waals surface area contributed by atoms with Gasteiger partial charge in [-0.3, -0.25) is 14.4 Å². The number of hydrogen-bond donors (Lipinski definition) is 1. The largest absolute Gasteiger partial charge is 0.480 e. The van der Waals surface area contributed by atoms with Crippen LogP contribution in [0, 0.1) is 6.92 Å². The van der Waals surface area contributed by atoms with Gasteiger partial charge in [-0.15, -0.1) is 0 Å². The maximum Gasteiger partial charge on any atom is 0.323 e. The minimum atomic E-state index is -1.07. The average molecular weight is 382 g/mol. The zero-order valence-corrected chi connectivity index (χ0v) is 15.6. The zero-order chi connectivity index (χ0) is 20.4. The molecule has 1 N–H and O–H groups in total. The molecule has 3 aromatic heterocycles. The number of aryl methyl sites for hydroxylation is 1. The molecule has 0 fully saturated rings. The number of esters is 1. The standard InChI is InChI=1S/C19H18N4O5/c1-10(24)15-7-23(8-18(26)27)19-14(15)4-16(13-5-20-11(2)21-6-13)22-17(19)9-28-12(3)25/h4-7H,8-9H2,1-3H3,(H,26,27). The molecular formula is C19H18N4O5. The third-order valence-electron chi connectivity index (χ3n) is 4.10. The van der Waals surface area contributed by atoms with Crippen molar-refractivity contribution < 1.29 is 24.2 Å². The Morgan fingerprint density at radius 3 is 2.43 bits per heavy atom. The summed E-state index contributed by atoms with van der Waals surface area (Å²) in [6.45, 7) is 3.91. The molecule has 28 heavy (non-hydrogen) atoms. The number of carbonyl (C=O) groups is 3. The van der Waals surface area contributed by atoms with E-state index in [1.807, 2.05) is 0 Å². The number of carbonyl (C=O) groups excluding carboxylic acids is 2. The van der Waals surface area contributed by atoms with Crippen LogP contribution in [0.25, 0.3) is 22.2 Å². The summed E-state index contributed by atoms with van der Waals surface area (Å²) in [6.07, 6.45) is 4.69. The molecule has 3 aromatic rings. The summed E-state index contributed by atoms with van der Waals surface area (Å²) in [7, 11) is 0. The molecule has 0 aromatic carbocycles. The van der Waals surface area contributed by atoms with Gasteiger partial charge >= 0.3 is 11.9 Å². The van der Waals surface area contributed by atoms with Gasteiger partial charge in [0.1, 0.15) is 24.7 Å². The maximum atomic E-state index is 12.1. The Kier molecular flexibility index (Phi) is 5.16. The van der Waals surface area contributed by atoms with Crippen LogP contribution in [0.15, 0.2) is 24.7 Å². The molecule has 0 bridgehead atoms. The number of carboxylic acids is 1. The first-order valence-electron chi connectivity index (χ1n) is 8.44. The number of pyridine rings is 1. The number of ether oxygens (including phenoxy) is 1. The predicted molar refractivity (Wildman–Crippen MR) is 98.6 cm³/mol. The Labute approximate surface area is 160 Å². The maximum absolute atomic E-state index is 12.1. The minimum absolute atomic E-state index is 0.159. The molecule has 0 atom stereocenters. The second-order valence-electron chi connectivity index (χ2n) is 6.27. The van der Waals surface area contributed by atoms with Gasteiger partial charge in [0, 0.05) is 42.0 Å². The van der Waals surface area contributed by atoms with Gasteiger partial charge in [0.25, 0.3) is 0 Å². The summed E-state index contributed by atoms with van der Waals surface area (Å²) < 4.78 is 6.52. The highest BCUT2D eigenvalue weighted by Gasteiger charge is 2.20. The van der Waals surface area contributed by atoms with E-state index in [1.54, 1.807) is 25.4 Å². The van der Waals surface area contributed by atoms with Gasteiger partial charge in [0.2, 0.25) is 0 Å². The van der Waals surface area contributed by atoms with Crippen molar-refractivity contribution in [2.24, 2.45) is 0 Å². The quantitative estimate of drug-likeness (QED) is 0.508. The lowest BCUT2D eigenvalue weighted by molar-refractivity contribution is -0.142. The second kappa shape index (κ2) is 7.55. The molecular weight excluding hydrogens is 364 g/mol. The van der Waals surface area contributed by atoms with E-state index in [4.69, 9.17) is 4.74 Å². The number of fused-ring (bicyclic) bond motifs is 1. The zero-order valence-electron chi connectivity index (χ0n) is 15.6. The van der Waals surface area contributed by atoms with Gasteiger partial charge in [-0.05, 0) is 19.9 Å². The molecule has 0 aliphatic heterocycles. The van der Waals surface area contributed by atoms with E-state index in [9.17, 15) is 19.5 Å². The highest BCUT2D eigenvalue weighted by atomic mass is 16.5. The van der Waals surface area contributed by atoms with Crippen molar-refractivity contribution in [1.82, 2.24) is 19.5 Å². The van der Waals surface area contributed by atoms with Crippen LogP contribution in [-0.2, 0) is 27.5 Å². The Hall–Kier alpha value is -3.62. The third-order valence-corrected chi connectivity index (χ3v) is 4.10. The number of carboxylic acid groups (broad SMARTS) is 1. The van der Waals surface area contributed by atoms with E-state index >= 15 is 0 Å². The molecule has 3 rings (SSSR count). The van der Waals surface area contributed by atoms with Crippen LogP contribution >= 0.6 is 0 Å². The fraction of sp³-hybridized carbons (Fsp3) is 0.263. The molecule has 0 aliphatic rings. The van der Waals surface area contributed by atoms with Crippen LogP contribution in [0.5, 0.6) is 0 Å². The number of Topliss-reactive ketones (excluding diaryl/α,β-unsaturated/α-hetero) is 1. The summed E-state index contributed by atoms with van der Waals surface area (Å²) in [5, 5.41) is 9.74. The Balaban J connectivity index is 2.28. The predicted octanol–water partition coefficient (Wildman–Crippen LogP) is 2.15. The van der Waals surface area contributed by atoms with Crippen LogP contribution in [0.1, 0.15) is 35.7 Å². The monoisotopic (exact) mass is 382 g/mol. The summed E-state index contributed by atoms with van der Waals surface area (Å²) in [6, 6.07) is 1.69. The highest BCUT2D eigenvalue weighted by molar-refractivity contribution is 6.08. The number of nitrogens with zero attached hydrogens (tertiary/aromatic N) is 4. The molecule has 0 radical (unpaired) electrons. The first kappa shape index (κ1) is 19.2. The Bertz CT molecular complexity index is 1090. The van der Waals surface area contributed by atoms with Crippen molar-refractivity contribution in [3.05, 3.63) is 41.7 Å². The van der Waals surface area contributed by atoms with Crippen molar-refractivity contribution in [2.75, 3.05) is 0 Å². The van der Waals surface area contributed by atoms with Gasteiger partial charge in [-0.2, -0.15) is 0 Å². The summed E-state index contributed by atoms with van der Waals surface area (Å²) in [5.41, 5.74) is 2.25. The fourth-order valence-corrected chi connectivity index (χ4v) is 2.90. The molecule has 0 aliphatic carbocycles. The van der Waals surface area contributed by atoms with Crippen LogP contribution in [-0.4, -0.2) is 42.3 Å². The van der Waals surface area contributed by atoms with Gasteiger partial charge < -0.3 is 14.4 Å². The first-order valence-corrected chi connectivity index (χ1v) is 8.44. The molecule has 0 unspecified atom stereocenters. The Morgan fingerprint density at radius 2 is 1.86 bits per heavy atom. The molecule has 0 spiro atoms. The van der Waals surface area contributed by atoms with Crippen LogP contribution < -0.4 is 0 Å². The second-order valence-corrected chi connectivity index (χ2v) is 6.27. The smallest absolute Gasteiger partial charge is 0.323 e. The van der Waals surface area contributed by atoms with E-state index in [0.717, 1.165) is 0 Å². The summed E-state index contributed by atoms with van der Waals surface area (Å²) in [4.78, 5) is 47.5. The Morgan fingerprint density at radius 1 is 1.18 bits per heavy atom. The number of aromatic nitrogens is 4. The third kappa shape index (κ3) is 3.88. The van der Waals surface area contributed by atoms with Crippen LogP contribution in [0.3, 0.4) is 0 Å². The van der Waals surface area contributed by atoms with Gasteiger partial charge in [0.05, 0.1) is 11.2 Å². The molecule has 0 saturated heterocycles. The van der Waals surface area contributed by atoms with Crippen LogP contribution in [0.2, 0.25) is 0 Å². The van der Waals surface area contributed by atoms with E-state index < -0.39 is 11.9 Å². The van der Waals surface area contributed by atoms with Crippen molar-refractivity contribution in [3.8, 4) is 11.3 Å². The van der Waals surface area contributed by atoms with Crippen molar-refractivity contribution >= 4 is 28.6 Å². The molecule has 144 valence electrons. The van der Waals surface area contributed by atoms with E-state index in [0.29, 0.717) is 39.2 Å². The highest BCUT2D eigenvalue weighted by Crippen LogP contribution is 2.29. The van der Waals surface area contributed by atoms with E-state index in [-0.39, 0.29) is 18.9 Å². The number of aliphatic carboxylic acids is 1. The van der Waals surface area contributed by atoms with Gasteiger partial charge in [-0.25, -0.2) is 15.0 Å². The molecule has 0 saturated carbocycles. The van der Waals surface area contributed by atoms with E-state index in [1.165, 1.54) is 24.6 Å². The van der Waals surface area contributed by atoms with Crippen molar-refractivity contribution in [1.29, 1.82) is 0 Å². The number of hydrogen-bond acceptors (Lipinski definition) is 7. The molecule has 0 amide bonds. The lowest BCUT2D eigenvalue weighted by Crippen LogP contribution is -2.10. The summed E-state index contributed by atoms with van der Waals surface area (Å²) in [5.74, 6) is -1.18. The number of ketones is 1. The van der Waals surface area contributed by atoms with Crippen LogP contribution in [0.4, 0.5) is 0 Å². The van der Waals surface area contributed by atoms with Crippen molar-refractivity contribution in [2.45, 2.75) is 33.9 Å². The normalized spacial score (nSPS) is 10.8. The lowest BCUT2D eigenvalue weighted by atomic mass is 10.1. The molecule has 3 heterocycles. The first-order chi connectivity index (χ1) is 13.3. The topological polar surface area (TPSA) is 124 Å². The minimum Gasteiger partial charge on any atom is -0.480 e. The van der Waals surface area contributed by atoms with Crippen molar-refractivity contribution in [3.63, 3.8) is 0 Å². The average Bonchev–Trinajstić information content (AvgIpc) is 2.98. The fourth-order valence-electron chi connectivity index (χ4n) is 2.90. The van der Waals surface area contributed by atoms with E-state index in [2.05, 4.69) is 15.0 Å².